The van der Waals surface area contributed by atoms with E-state index >= 15 is 0 Å². The van der Waals surface area contributed by atoms with Crippen molar-refractivity contribution in [2.45, 2.75) is 13.3 Å². The molecule has 2 N–H and O–H groups in total. The Balaban J connectivity index is 2.26. The summed E-state index contributed by atoms with van der Waals surface area (Å²) < 4.78 is 4.75. The number of carbonyl (C=O) groups is 3. The Labute approximate surface area is 133 Å². The number of nitrogen functional groups attached to an aromatic ring is 1. The molecule has 118 valence electrons. The fraction of sp³-hybridized carbons (Fsp3) is 0.400. The number of ether oxygens (including phenoxy) is 1. The van der Waals surface area contributed by atoms with Crippen molar-refractivity contribution in [3.8, 4) is 0 Å². The Morgan fingerprint density at radius 1 is 1.45 bits per heavy atom. The number of hydrogen-bond acceptors (Lipinski definition) is 6. The second kappa shape index (κ2) is 6.83. The van der Waals surface area contributed by atoms with Crippen molar-refractivity contribution in [1.82, 2.24) is 0 Å². The monoisotopic (exact) mass is 322 g/mol. The highest BCUT2D eigenvalue weighted by Gasteiger charge is 2.34. The van der Waals surface area contributed by atoms with Crippen LogP contribution in [0, 0.1) is 5.92 Å². The van der Waals surface area contributed by atoms with Crippen LogP contribution in [0.1, 0.15) is 23.7 Å². The molecule has 1 unspecified atom stereocenters. The minimum Gasteiger partial charge on any atom is -0.465 e. The van der Waals surface area contributed by atoms with Crippen molar-refractivity contribution >= 4 is 40.1 Å². The number of hydrogen-bond donors (Lipinski definition) is 1. The van der Waals surface area contributed by atoms with Gasteiger partial charge >= 0.3 is 5.97 Å². The van der Waals surface area contributed by atoms with Gasteiger partial charge in [-0.3, -0.25) is 9.59 Å². The zero-order valence-electron chi connectivity index (χ0n) is 12.5. The zero-order valence-corrected chi connectivity index (χ0v) is 13.3. The molecule has 0 spiro atoms. The lowest BCUT2D eigenvalue weighted by Crippen LogP contribution is -2.28. The topological polar surface area (TPSA) is 89.7 Å². The number of anilines is 2. The summed E-state index contributed by atoms with van der Waals surface area (Å²) in [4.78, 5) is 36.7. The maximum atomic E-state index is 12.3. The van der Waals surface area contributed by atoms with Crippen molar-refractivity contribution in [2.75, 3.05) is 30.0 Å². The Hall–Kier alpha value is -2.02. The summed E-state index contributed by atoms with van der Waals surface area (Å²) in [6.07, 6.45) is 0.342. The molecule has 1 fully saturated rings. The third-order valence-corrected chi connectivity index (χ3v) is 4.51. The number of nitrogens with zero attached hydrogens (tertiary/aromatic N) is 1. The summed E-state index contributed by atoms with van der Waals surface area (Å²) in [5.74, 6) is 0.0121. The van der Waals surface area contributed by atoms with Crippen molar-refractivity contribution in [3.05, 3.63) is 23.8 Å². The van der Waals surface area contributed by atoms with E-state index in [2.05, 4.69) is 0 Å². The summed E-state index contributed by atoms with van der Waals surface area (Å²) in [6.45, 7) is 1.95. The van der Waals surface area contributed by atoms with Gasteiger partial charge in [-0.25, -0.2) is 4.79 Å². The molecule has 6 nitrogen and oxygen atoms in total. The van der Waals surface area contributed by atoms with Crippen molar-refractivity contribution in [2.24, 2.45) is 5.92 Å². The lowest BCUT2D eigenvalue weighted by atomic mass is 10.1. The van der Waals surface area contributed by atoms with E-state index in [0.29, 0.717) is 30.1 Å². The van der Waals surface area contributed by atoms with Crippen LogP contribution in [0.4, 0.5) is 11.4 Å². The molecule has 0 aliphatic carbocycles. The molecule has 0 radical (unpaired) electrons. The highest BCUT2D eigenvalue weighted by molar-refractivity contribution is 8.13. The molecule has 1 atom stereocenters. The van der Waals surface area contributed by atoms with Crippen LogP contribution in [0.15, 0.2) is 18.2 Å². The quantitative estimate of drug-likeness (QED) is 0.670. The van der Waals surface area contributed by atoms with Gasteiger partial charge in [-0.1, -0.05) is 17.8 Å². The Kier molecular flexibility index (Phi) is 5.07. The van der Waals surface area contributed by atoms with Crippen molar-refractivity contribution < 1.29 is 19.1 Å². The van der Waals surface area contributed by atoms with Gasteiger partial charge in [0.1, 0.15) is 0 Å². The van der Waals surface area contributed by atoms with Gasteiger partial charge in [0.05, 0.1) is 24.0 Å². The van der Waals surface area contributed by atoms with E-state index in [4.69, 9.17) is 10.5 Å². The van der Waals surface area contributed by atoms with Gasteiger partial charge in [-0.15, -0.1) is 0 Å². The summed E-state index contributed by atoms with van der Waals surface area (Å²) in [5, 5.41) is 0.0281. The summed E-state index contributed by atoms with van der Waals surface area (Å²) in [7, 11) is 1.29. The minimum absolute atomic E-state index is 0.0281. The lowest BCUT2D eigenvalue weighted by Gasteiger charge is -2.21. The molecule has 7 heteroatoms. The summed E-state index contributed by atoms with van der Waals surface area (Å²) >= 11 is 1.21. The molecular formula is C15H18N2O4S. The smallest absolute Gasteiger partial charge is 0.340 e. The molecule has 22 heavy (non-hydrogen) atoms. The zero-order chi connectivity index (χ0) is 16.3. The van der Waals surface area contributed by atoms with E-state index in [1.165, 1.54) is 30.7 Å². The van der Waals surface area contributed by atoms with Crippen LogP contribution >= 0.6 is 11.8 Å². The van der Waals surface area contributed by atoms with Gasteiger partial charge in [-0.05, 0) is 18.1 Å². The molecule has 1 saturated heterocycles. The number of benzene rings is 1. The third kappa shape index (κ3) is 3.41. The second-order valence-corrected chi connectivity index (χ2v) is 6.31. The normalized spacial score (nSPS) is 17.6. The molecule has 1 aliphatic rings. The lowest BCUT2D eigenvalue weighted by molar-refractivity contribution is -0.117. The van der Waals surface area contributed by atoms with Crippen LogP contribution in [0.3, 0.4) is 0 Å². The van der Waals surface area contributed by atoms with E-state index in [9.17, 15) is 14.4 Å². The molecule has 0 aromatic heterocycles. The van der Waals surface area contributed by atoms with Crippen molar-refractivity contribution in [1.29, 1.82) is 0 Å². The first kappa shape index (κ1) is 16.4. The number of rotatable bonds is 4. The average molecular weight is 322 g/mol. The predicted molar refractivity (Wildman–Crippen MR) is 85.8 cm³/mol. The average Bonchev–Trinajstić information content (AvgIpc) is 2.84. The summed E-state index contributed by atoms with van der Waals surface area (Å²) in [5.41, 5.74) is 6.99. The fourth-order valence-electron chi connectivity index (χ4n) is 2.48. The van der Waals surface area contributed by atoms with E-state index in [1.807, 2.05) is 0 Å². The first-order valence-corrected chi connectivity index (χ1v) is 7.83. The SMILES string of the molecule is COC(=O)c1cccc(N)c1N1CC(CSC(C)=O)CC1=O. The minimum atomic E-state index is -0.531. The maximum absolute atomic E-state index is 12.3. The fourth-order valence-corrected chi connectivity index (χ4v) is 3.18. The summed E-state index contributed by atoms with van der Waals surface area (Å²) in [6, 6.07) is 4.88. The maximum Gasteiger partial charge on any atom is 0.340 e. The van der Waals surface area contributed by atoms with E-state index in [0.717, 1.165) is 0 Å². The highest BCUT2D eigenvalue weighted by Crippen LogP contribution is 2.34. The molecule has 1 heterocycles. The Morgan fingerprint density at radius 2 is 2.18 bits per heavy atom. The van der Waals surface area contributed by atoms with Gasteiger partial charge in [0, 0.05) is 25.6 Å². The van der Waals surface area contributed by atoms with Gasteiger partial charge in [0.2, 0.25) is 5.91 Å². The van der Waals surface area contributed by atoms with E-state index in [1.54, 1.807) is 18.2 Å². The third-order valence-electron chi connectivity index (χ3n) is 3.47. The van der Waals surface area contributed by atoms with Crippen molar-refractivity contribution in [3.63, 3.8) is 0 Å². The van der Waals surface area contributed by atoms with Crippen LogP contribution in [0.25, 0.3) is 0 Å². The Bertz CT molecular complexity index is 618. The number of para-hydroxylation sites is 1. The molecular weight excluding hydrogens is 304 g/mol. The van der Waals surface area contributed by atoms with Crippen LogP contribution in [-0.4, -0.2) is 36.4 Å². The first-order chi connectivity index (χ1) is 10.4. The second-order valence-electron chi connectivity index (χ2n) is 5.11. The van der Waals surface area contributed by atoms with Crippen LogP contribution in [-0.2, 0) is 14.3 Å². The van der Waals surface area contributed by atoms with E-state index in [-0.39, 0.29) is 22.5 Å². The number of nitrogens with two attached hydrogens (primary N) is 1. The Morgan fingerprint density at radius 3 is 2.82 bits per heavy atom. The van der Waals surface area contributed by atoms with Crippen LogP contribution in [0.2, 0.25) is 0 Å². The first-order valence-electron chi connectivity index (χ1n) is 6.84. The predicted octanol–water partition coefficient (Wildman–Crippen LogP) is 1.69. The van der Waals surface area contributed by atoms with Gasteiger partial charge in [-0.2, -0.15) is 0 Å². The largest absolute Gasteiger partial charge is 0.465 e. The van der Waals surface area contributed by atoms with Gasteiger partial charge in [0.15, 0.2) is 5.12 Å². The standard InChI is InChI=1S/C15H18N2O4S/c1-9(18)22-8-10-6-13(19)17(7-10)14-11(15(20)21-2)4-3-5-12(14)16/h3-5,10H,6-8,16H2,1-2H3. The van der Waals surface area contributed by atoms with E-state index < -0.39 is 5.97 Å². The number of thioether (sulfide) groups is 1. The number of esters is 1. The molecule has 1 amide bonds. The molecule has 0 bridgehead atoms. The molecule has 0 saturated carbocycles. The van der Waals surface area contributed by atoms with Crippen LogP contribution < -0.4 is 10.6 Å². The molecule has 1 aromatic rings. The highest BCUT2D eigenvalue weighted by atomic mass is 32.2. The number of amides is 1. The number of carbonyl (C=O) groups excluding carboxylic acids is 3. The van der Waals surface area contributed by atoms with Gasteiger partial charge < -0.3 is 15.4 Å². The molecule has 1 aliphatic heterocycles. The number of methoxy groups -OCH3 is 1. The molecule has 2 rings (SSSR count). The molecule has 1 aromatic carbocycles. The van der Waals surface area contributed by atoms with Gasteiger partial charge in [0.25, 0.3) is 0 Å². The van der Waals surface area contributed by atoms with Crippen LogP contribution in [0.5, 0.6) is 0 Å².